The molecule has 2 rings (SSSR count). The van der Waals surface area contributed by atoms with Crippen molar-refractivity contribution in [2.45, 2.75) is 13.5 Å². The van der Waals surface area contributed by atoms with E-state index in [4.69, 9.17) is 23.7 Å². The molecule has 0 radical (unpaired) electrons. The maximum absolute atomic E-state index is 11.2. The Labute approximate surface area is 134 Å². The zero-order chi connectivity index (χ0) is 17.0. The summed E-state index contributed by atoms with van der Waals surface area (Å²) >= 11 is 0. The Bertz CT molecular complexity index is 723. The van der Waals surface area contributed by atoms with Crippen molar-refractivity contribution < 1.29 is 28.5 Å². The molecule has 0 heterocycles. The van der Waals surface area contributed by atoms with Gasteiger partial charge in [-0.2, -0.15) is 0 Å². The Morgan fingerprint density at radius 1 is 0.913 bits per heavy atom. The summed E-state index contributed by atoms with van der Waals surface area (Å²) in [4.78, 5) is 11.2. The maximum Gasteiger partial charge on any atom is 0.302 e. The lowest BCUT2D eigenvalue weighted by molar-refractivity contribution is -0.142. The van der Waals surface area contributed by atoms with E-state index in [9.17, 15) is 4.79 Å². The van der Waals surface area contributed by atoms with Gasteiger partial charge in [0, 0.05) is 12.3 Å². The molecule has 0 spiro atoms. The number of benzene rings is 2. The van der Waals surface area contributed by atoms with E-state index in [1.807, 2.05) is 18.2 Å². The molecular formula is C17H20O6. The predicted molar refractivity (Wildman–Crippen MR) is 85.6 cm³/mol. The van der Waals surface area contributed by atoms with Crippen LogP contribution in [0.3, 0.4) is 0 Å². The third kappa shape index (κ3) is 2.97. The summed E-state index contributed by atoms with van der Waals surface area (Å²) in [6.07, 6.45) is 0. The number of rotatable bonds is 6. The number of carbonyl (C=O) groups is 1. The number of hydrogen-bond donors (Lipinski definition) is 0. The Morgan fingerprint density at radius 2 is 1.57 bits per heavy atom. The fourth-order valence-corrected chi connectivity index (χ4v) is 2.59. The lowest BCUT2D eigenvalue weighted by atomic mass is 10.0. The van der Waals surface area contributed by atoms with Gasteiger partial charge >= 0.3 is 5.97 Å². The number of esters is 1. The summed E-state index contributed by atoms with van der Waals surface area (Å²) in [5.41, 5.74) is 0.600. The van der Waals surface area contributed by atoms with Crippen molar-refractivity contribution in [2.24, 2.45) is 0 Å². The SMILES string of the molecule is COc1c(COC(C)=O)c(OC)c2cccc(OC)c2c1OC. The van der Waals surface area contributed by atoms with E-state index in [1.54, 1.807) is 21.3 Å². The summed E-state index contributed by atoms with van der Waals surface area (Å²) < 4.78 is 27.1. The van der Waals surface area contributed by atoms with Gasteiger partial charge in [-0.3, -0.25) is 4.79 Å². The highest BCUT2D eigenvalue weighted by Crippen LogP contribution is 2.49. The first-order valence-corrected chi connectivity index (χ1v) is 6.99. The van der Waals surface area contributed by atoms with Gasteiger partial charge in [-0.05, 0) is 6.07 Å². The van der Waals surface area contributed by atoms with Crippen molar-refractivity contribution in [3.05, 3.63) is 23.8 Å². The van der Waals surface area contributed by atoms with Gasteiger partial charge in [0.1, 0.15) is 18.1 Å². The second-order valence-corrected chi connectivity index (χ2v) is 4.74. The minimum Gasteiger partial charge on any atom is -0.496 e. The van der Waals surface area contributed by atoms with Crippen molar-refractivity contribution in [1.29, 1.82) is 0 Å². The first kappa shape index (κ1) is 16.7. The van der Waals surface area contributed by atoms with Gasteiger partial charge in [0.05, 0.1) is 39.4 Å². The lowest BCUT2D eigenvalue weighted by Gasteiger charge is -2.20. The van der Waals surface area contributed by atoms with Gasteiger partial charge in [0.25, 0.3) is 0 Å². The van der Waals surface area contributed by atoms with E-state index in [0.717, 1.165) is 10.8 Å². The first-order valence-electron chi connectivity index (χ1n) is 6.99. The maximum atomic E-state index is 11.2. The van der Waals surface area contributed by atoms with E-state index < -0.39 is 0 Å². The highest BCUT2D eigenvalue weighted by atomic mass is 16.5. The van der Waals surface area contributed by atoms with Crippen molar-refractivity contribution >= 4 is 16.7 Å². The van der Waals surface area contributed by atoms with Crippen LogP contribution in [-0.4, -0.2) is 34.4 Å². The molecule has 0 unspecified atom stereocenters. The van der Waals surface area contributed by atoms with E-state index in [1.165, 1.54) is 14.0 Å². The van der Waals surface area contributed by atoms with Gasteiger partial charge in [-0.25, -0.2) is 0 Å². The van der Waals surface area contributed by atoms with Gasteiger partial charge in [0.15, 0.2) is 11.5 Å². The first-order chi connectivity index (χ1) is 11.1. The van der Waals surface area contributed by atoms with Crippen molar-refractivity contribution in [3.63, 3.8) is 0 Å². The minimum atomic E-state index is -0.390. The summed E-state index contributed by atoms with van der Waals surface area (Å²) in [6.45, 7) is 1.37. The fourth-order valence-electron chi connectivity index (χ4n) is 2.59. The number of methoxy groups -OCH3 is 4. The largest absolute Gasteiger partial charge is 0.496 e. The number of carbonyl (C=O) groups excluding carboxylic acids is 1. The smallest absolute Gasteiger partial charge is 0.302 e. The molecule has 0 atom stereocenters. The molecule has 6 nitrogen and oxygen atoms in total. The third-order valence-electron chi connectivity index (χ3n) is 3.50. The van der Waals surface area contributed by atoms with Gasteiger partial charge in [0.2, 0.25) is 0 Å². The van der Waals surface area contributed by atoms with E-state index in [0.29, 0.717) is 28.6 Å². The second-order valence-electron chi connectivity index (χ2n) is 4.74. The normalized spacial score (nSPS) is 10.3. The molecular weight excluding hydrogens is 300 g/mol. The molecule has 0 aliphatic heterocycles. The highest BCUT2D eigenvalue weighted by Gasteiger charge is 2.24. The van der Waals surface area contributed by atoms with Crippen LogP contribution in [0.2, 0.25) is 0 Å². The minimum absolute atomic E-state index is 0.0190. The van der Waals surface area contributed by atoms with Crippen LogP contribution < -0.4 is 18.9 Å². The summed E-state index contributed by atoms with van der Waals surface area (Å²) in [5, 5.41) is 1.52. The molecule has 0 amide bonds. The molecule has 0 aromatic heterocycles. The van der Waals surface area contributed by atoms with E-state index in [-0.39, 0.29) is 12.6 Å². The molecule has 0 bridgehead atoms. The van der Waals surface area contributed by atoms with Crippen LogP contribution in [0.1, 0.15) is 12.5 Å². The summed E-state index contributed by atoms with van der Waals surface area (Å²) in [5.74, 6) is 1.75. The van der Waals surface area contributed by atoms with Crippen molar-refractivity contribution in [2.75, 3.05) is 28.4 Å². The van der Waals surface area contributed by atoms with Crippen LogP contribution >= 0.6 is 0 Å². The van der Waals surface area contributed by atoms with Gasteiger partial charge in [-0.15, -0.1) is 0 Å². The Hall–Kier alpha value is -2.63. The summed E-state index contributed by atoms with van der Waals surface area (Å²) in [6, 6.07) is 5.57. The Morgan fingerprint density at radius 3 is 2.09 bits per heavy atom. The van der Waals surface area contributed by atoms with Crippen LogP contribution in [0.5, 0.6) is 23.0 Å². The average Bonchev–Trinajstić information content (AvgIpc) is 2.57. The number of hydrogen-bond acceptors (Lipinski definition) is 6. The molecule has 0 aliphatic rings. The average molecular weight is 320 g/mol. The lowest BCUT2D eigenvalue weighted by Crippen LogP contribution is -2.06. The number of fused-ring (bicyclic) bond motifs is 1. The number of ether oxygens (including phenoxy) is 5. The Balaban J connectivity index is 2.86. The molecule has 2 aromatic carbocycles. The van der Waals surface area contributed by atoms with Crippen LogP contribution in [0.4, 0.5) is 0 Å². The molecule has 2 aromatic rings. The zero-order valence-corrected chi connectivity index (χ0v) is 13.9. The standard InChI is InChI=1S/C17H20O6/c1-10(18)23-9-12-15(20-3)11-7-6-8-13(19-2)14(11)17(22-5)16(12)21-4/h6-8H,9H2,1-5H3. The van der Waals surface area contributed by atoms with Gasteiger partial charge < -0.3 is 23.7 Å². The van der Waals surface area contributed by atoms with E-state index >= 15 is 0 Å². The molecule has 6 heteroatoms. The monoisotopic (exact) mass is 320 g/mol. The van der Waals surface area contributed by atoms with Crippen molar-refractivity contribution in [3.8, 4) is 23.0 Å². The predicted octanol–water partition coefficient (Wildman–Crippen LogP) is 2.94. The fraction of sp³-hybridized carbons (Fsp3) is 0.353. The molecule has 0 fully saturated rings. The molecule has 23 heavy (non-hydrogen) atoms. The highest BCUT2D eigenvalue weighted by molar-refractivity contribution is 6.01. The topological polar surface area (TPSA) is 63.2 Å². The quantitative estimate of drug-likeness (QED) is 0.763. The van der Waals surface area contributed by atoms with Crippen LogP contribution in [-0.2, 0) is 16.1 Å². The second kappa shape index (κ2) is 7.09. The molecule has 0 saturated carbocycles. The van der Waals surface area contributed by atoms with Crippen LogP contribution in [0, 0.1) is 0 Å². The van der Waals surface area contributed by atoms with Gasteiger partial charge in [-0.1, -0.05) is 12.1 Å². The Kier molecular flexibility index (Phi) is 5.16. The zero-order valence-electron chi connectivity index (χ0n) is 13.9. The van der Waals surface area contributed by atoms with Crippen LogP contribution in [0.15, 0.2) is 18.2 Å². The molecule has 0 aliphatic carbocycles. The third-order valence-corrected chi connectivity index (χ3v) is 3.50. The van der Waals surface area contributed by atoms with Crippen LogP contribution in [0.25, 0.3) is 10.8 Å². The molecule has 0 N–H and O–H groups in total. The van der Waals surface area contributed by atoms with E-state index in [2.05, 4.69) is 0 Å². The summed E-state index contributed by atoms with van der Waals surface area (Å²) in [7, 11) is 6.21. The molecule has 124 valence electrons. The molecule has 0 saturated heterocycles. The van der Waals surface area contributed by atoms with Crippen molar-refractivity contribution in [1.82, 2.24) is 0 Å².